The minimum absolute atomic E-state index is 0.218. The van der Waals surface area contributed by atoms with Crippen molar-refractivity contribution in [2.75, 3.05) is 0 Å². The third-order valence-corrected chi connectivity index (χ3v) is 4.06. The summed E-state index contributed by atoms with van der Waals surface area (Å²) >= 11 is 0. The molecule has 1 N–H and O–H groups in total. The van der Waals surface area contributed by atoms with Crippen LogP contribution in [0.1, 0.15) is 38.9 Å². The molecule has 25 heavy (non-hydrogen) atoms. The van der Waals surface area contributed by atoms with Gasteiger partial charge in [0.15, 0.2) is 0 Å². The second-order valence-corrected chi connectivity index (χ2v) is 6.23. The third-order valence-electron chi connectivity index (χ3n) is 4.06. The molecular weight excluding hydrogens is 317 g/mol. The van der Waals surface area contributed by atoms with Gasteiger partial charge >= 0.3 is 0 Å². The molecule has 0 radical (unpaired) electrons. The molecule has 0 aliphatic heterocycles. The van der Waals surface area contributed by atoms with E-state index >= 15 is 0 Å². The van der Waals surface area contributed by atoms with Crippen molar-refractivity contribution in [3.05, 3.63) is 88.8 Å². The fourth-order valence-corrected chi connectivity index (χ4v) is 2.96. The van der Waals surface area contributed by atoms with Gasteiger partial charge in [0.2, 0.25) is 0 Å². The molecule has 0 saturated carbocycles. The Kier molecular flexibility index (Phi) is 4.65. The Labute approximate surface area is 146 Å². The van der Waals surface area contributed by atoms with Crippen LogP contribution in [0.3, 0.4) is 0 Å². The molecule has 0 fully saturated rings. The van der Waals surface area contributed by atoms with E-state index in [2.05, 4.69) is 10.3 Å². The molecule has 4 nitrogen and oxygen atoms in total. The fraction of sp³-hybridized carbons (Fsp3) is 0.200. The van der Waals surface area contributed by atoms with E-state index in [1.165, 1.54) is 12.1 Å². The van der Waals surface area contributed by atoms with Crippen LogP contribution in [-0.4, -0.2) is 15.5 Å². The van der Waals surface area contributed by atoms with Gasteiger partial charge < -0.3 is 9.88 Å². The summed E-state index contributed by atoms with van der Waals surface area (Å²) in [5.74, 6) is 0.0738. The number of benzene rings is 2. The maximum Gasteiger partial charge on any atom is 0.252 e. The molecule has 0 bridgehead atoms. The summed E-state index contributed by atoms with van der Waals surface area (Å²) in [5.41, 5.74) is 3.26. The smallest absolute Gasteiger partial charge is 0.252 e. The van der Waals surface area contributed by atoms with E-state index in [9.17, 15) is 9.18 Å². The SMILES string of the molecule is Cc1cc(C)cc(C(=O)N[C@@H](c2cccc(F)c2)c2nccn2C)c1. The van der Waals surface area contributed by atoms with Gasteiger partial charge in [-0.25, -0.2) is 9.37 Å². The molecule has 0 aliphatic carbocycles. The van der Waals surface area contributed by atoms with Crippen LogP contribution in [0.2, 0.25) is 0 Å². The van der Waals surface area contributed by atoms with Crippen LogP contribution in [0, 0.1) is 19.7 Å². The number of halogens is 1. The van der Waals surface area contributed by atoms with Crippen molar-refractivity contribution < 1.29 is 9.18 Å². The molecule has 3 aromatic rings. The first-order valence-electron chi connectivity index (χ1n) is 8.06. The summed E-state index contributed by atoms with van der Waals surface area (Å²) in [5, 5.41) is 2.99. The number of nitrogens with zero attached hydrogens (tertiary/aromatic N) is 2. The molecule has 1 amide bonds. The predicted molar refractivity (Wildman–Crippen MR) is 94.8 cm³/mol. The van der Waals surface area contributed by atoms with Crippen molar-refractivity contribution in [3.63, 3.8) is 0 Å². The maximum absolute atomic E-state index is 13.7. The van der Waals surface area contributed by atoms with Crippen LogP contribution >= 0.6 is 0 Å². The Morgan fingerprint density at radius 1 is 1.16 bits per heavy atom. The van der Waals surface area contributed by atoms with Gasteiger partial charge in [-0.15, -0.1) is 0 Å². The standard InChI is InChI=1S/C20H20FN3O/c1-13-9-14(2)11-16(10-13)20(25)23-18(19-22-7-8-24(19)3)15-5-4-6-17(21)12-15/h4-12,18H,1-3H3,(H,23,25)/t18-/m0/s1. The summed E-state index contributed by atoms with van der Waals surface area (Å²) < 4.78 is 15.5. The first-order chi connectivity index (χ1) is 11.9. The highest BCUT2D eigenvalue weighted by atomic mass is 19.1. The van der Waals surface area contributed by atoms with Crippen LogP contribution in [0.4, 0.5) is 4.39 Å². The average molecular weight is 337 g/mol. The van der Waals surface area contributed by atoms with E-state index in [1.54, 1.807) is 24.5 Å². The number of imidazole rings is 1. The summed E-state index contributed by atoms with van der Waals surface area (Å²) in [4.78, 5) is 17.1. The van der Waals surface area contributed by atoms with Crippen molar-refractivity contribution in [1.82, 2.24) is 14.9 Å². The Morgan fingerprint density at radius 2 is 1.88 bits per heavy atom. The van der Waals surface area contributed by atoms with Crippen molar-refractivity contribution in [2.45, 2.75) is 19.9 Å². The quantitative estimate of drug-likeness (QED) is 0.789. The van der Waals surface area contributed by atoms with Crippen molar-refractivity contribution in [2.24, 2.45) is 7.05 Å². The van der Waals surface area contributed by atoms with Crippen LogP contribution in [0.15, 0.2) is 54.9 Å². The van der Waals surface area contributed by atoms with Gasteiger partial charge in [-0.1, -0.05) is 29.3 Å². The maximum atomic E-state index is 13.7. The zero-order chi connectivity index (χ0) is 18.0. The van der Waals surface area contributed by atoms with E-state index in [1.807, 2.05) is 43.7 Å². The summed E-state index contributed by atoms with van der Waals surface area (Å²) in [6.07, 6.45) is 3.45. The topological polar surface area (TPSA) is 46.9 Å². The Balaban J connectivity index is 1.98. The lowest BCUT2D eigenvalue weighted by Crippen LogP contribution is -2.31. The summed E-state index contributed by atoms with van der Waals surface area (Å²) in [6.45, 7) is 3.90. The lowest BCUT2D eigenvalue weighted by molar-refractivity contribution is 0.0941. The van der Waals surface area contributed by atoms with Crippen molar-refractivity contribution in [1.29, 1.82) is 0 Å². The van der Waals surface area contributed by atoms with E-state index in [0.717, 1.165) is 11.1 Å². The average Bonchev–Trinajstić information content (AvgIpc) is 2.97. The molecule has 0 unspecified atom stereocenters. The molecule has 1 atom stereocenters. The van der Waals surface area contributed by atoms with Crippen molar-refractivity contribution >= 4 is 5.91 Å². The largest absolute Gasteiger partial charge is 0.338 e. The van der Waals surface area contributed by atoms with Crippen LogP contribution in [0.5, 0.6) is 0 Å². The molecule has 128 valence electrons. The van der Waals surface area contributed by atoms with Crippen LogP contribution < -0.4 is 5.32 Å². The lowest BCUT2D eigenvalue weighted by Gasteiger charge is -2.19. The van der Waals surface area contributed by atoms with Gasteiger partial charge in [0.05, 0.1) is 0 Å². The molecule has 2 aromatic carbocycles. The number of hydrogen-bond acceptors (Lipinski definition) is 2. The minimum atomic E-state index is -0.538. The summed E-state index contributed by atoms with van der Waals surface area (Å²) in [7, 11) is 1.84. The number of aryl methyl sites for hydroxylation is 3. The summed E-state index contributed by atoms with van der Waals surface area (Å²) in [6, 6.07) is 11.4. The highest BCUT2D eigenvalue weighted by molar-refractivity contribution is 5.95. The van der Waals surface area contributed by atoms with Gasteiger partial charge in [0.1, 0.15) is 17.7 Å². The van der Waals surface area contributed by atoms with E-state index in [4.69, 9.17) is 0 Å². The zero-order valence-electron chi connectivity index (χ0n) is 14.5. The Hall–Kier alpha value is -2.95. The zero-order valence-corrected chi connectivity index (χ0v) is 14.5. The number of nitrogens with one attached hydrogen (secondary N) is 1. The van der Waals surface area contributed by atoms with E-state index in [0.29, 0.717) is 17.0 Å². The van der Waals surface area contributed by atoms with Gasteiger partial charge in [-0.3, -0.25) is 4.79 Å². The Bertz CT molecular complexity index is 897. The fourth-order valence-electron chi connectivity index (χ4n) is 2.96. The normalized spacial score (nSPS) is 12.0. The second-order valence-electron chi connectivity index (χ2n) is 6.23. The number of aromatic nitrogens is 2. The molecule has 3 rings (SSSR count). The second kappa shape index (κ2) is 6.89. The third kappa shape index (κ3) is 3.76. The molecule has 1 aromatic heterocycles. The van der Waals surface area contributed by atoms with Gasteiger partial charge in [-0.2, -0.15) is 0 Å². The van der Waals surface area contributed by atoms with Crippen LogP contribution in [0.25, 0.3) is 0 Å². The predicted octanol–water partition coefficient (Wildman–Crippen LogP) is 3.70. The Morgan fingerprint density at radius 3 is 2.48 bits per heavy atom. The van der Waals surface area contributed by atoms with Crippen molar-refractivity contribution in [3.8, 4) is 0 Å². The first kappa shape index (κ1) is 16.9. The van der Waals surface area contributed by atoms with Crippen LogP contribution in [-0.2, 0) is 7.05 Å². The van der Waals surface area contributed by atoms with E-state index in [-0.39, 0.29) is 11.7 Å². The lowest BCUT2D eigenvalue weighted by atomic mass is 10.0. The highest BCUT2D eigenvalue weighted by Gasteiger charge is 2.22. The number of carbonyl (C=O) groups excluding carboxylic acids is 1. The molecule has 0 saturated heterocycles. The number of rotatable bonds is 4. The monoisotopic (exact) mass is 337 g/mol. The molecule has 1 heterocycles. The number of hydrogen-bond donors (Lipinski definition) is 1. The van der Waals surface area contributed by atoms with E-state index < -0.39 is 6.04 Å². The molecular formula is C20H20FN3O. The number of carbonyl (C=O) groups is 1. The molecule has 0 spiro atoms. The first-order valence-corrected chi connectivity index (χ1v) is 8.06. The number of amides is 1. The van der Waals surface area contributed by atoms with Gasteiger partial charge in [0, 0.05) is 25.0 Å². The highest BCUT2D eigenvalue weighted by Crippen LogP contribution is 2.22. The van der Waals surface area contributed by atoms with Gasteiger partial charge in [0.25, 0.3) is 5.91 Å². The van der Waals surface area contributed by atoms with Gasteiger partial charge in [-0.05, 0) is 43.7 Å². The molecule has 0 aliphatic rings. The minimum Gasteiger partial charge on any atom is -0.338 e. The molecule has 5 heteroatoms.